The van der Waals surface area contributed by atoms with Crippen molar-refractivity contribution in [3.8, 4) is 0 Å². The molecule has 0 unspecified atom stereocenters. The van der Waals surface area contributed by atoms with Crippen LogP contribution in [-0.2, 0) is 6.54 Å². The van der Waals surface area contributed by atoms with Crippen LogP contribution < -0.4 is 5.32 Å². The summed E-state index contributed by atoms with van der Waals surface area (Å²) in [5, 5.41) is 3.81. The fraction of sp³-hybridized carbons (Fsp3) is 0.647. The Bertz CT molecular complexity index is 472. The molecule has 1 aromatic carbocycles. The van der Waals surface area contributed by atoms with E-state index in [4.69, 9.17) is 0 Å². The van der Waals surface area contributed by atoms with E-state index in [1.807, 2.05) is 6.07 Å². The van der Waals surface area contributed by atoms with Crippen molar-refractivity contribution >= 4 is 15.9 Å². The summed E-state index contributed by atoms with van der Waals surface area (Å²) in [5.41, 5.74) is 1.40. The van der Waals surface area contributed by atoms with E-state index in [1.54, 1.807) is 6.07 Å². The molecule has 108 valence electrons. The van der Waals surface area contributed by atoms with Crippen molar-refractivity contribution in [1.29, 1.82) is 0 Å². The number of nitrogens with one attached hydrogen (secondary N) is 1. The average Bonchev–Trinajstić information content (AvgIpc) is 2.34. The lowest BCUT2D eigenvalue weighted by molar-refractivity contribution is -0.0206. The lowest BCUT2D eigenvalue weighted by atomic mass is 9.53. The first-order valence-electron chi connectivity index (χ1n) is 7.80. The Labute approximate surface area is 128 Å². The minimum atomic E-state index is -0.151. The van der Waals surface area contributed by atoms with Gasteiger partial charge in [0.1, 0.15) is 5.82 Å². The third kappa shape index (κ3) is 2.43. The molecule has 0 saturated heterocycles. The first kappa shape index (κ1) is 13.3. The van der Waals surface area contributed by atoms with Crippen molar-refractivity contribution < 1.29 is 4.39 Å². The second-order valence-corrected chi connectivity index (χ2v) is 8.24. The van der Waals surface area contributed by atoms with E-state index in [9.17, 15) is 4.39 Å². The Morgan fingerprint density at radius 2 is 1.65 bits per heavy atom. The summed E-state index contributed by atoms with van der Waals surface area (Å²) in [6.07, 6.45) is 8.42. The molecule has 3 heteroatoms. The predicted octanol–water partition coefficient (Wildman–Crippen LogP) is 4.65. The number of hydrogen-bond acceptors (Lipinski definition) is 1. The highest BCUT2D eigenvalue weighted by Gasteiger charge is 2.50. The molecule has 20 heavy (non-hydrogen) atoms. The maximum atomic E-state index is 13.5. The van der Waals surface area contributed by atoms with Gasteiger partial charge in [-0.05, 0) is 80.0 Å². The van der Waals surface area contributed by atoms with Crippen molar-refractivity contribution in [1.82, 2.24) is 5.32 Å². The summed E-state index contributed by atoms with van der Waals surface area (Å²) in [7, 11) is 0. The topological polar surface area (TPSA) is 12.0 Å². The molecule has 1 aromatic rings. The Hall–Kier alpha value is -0.410. The number of hydrogen-bond donors (Lipinski definition) is 1. The van der Waals surface area contributed by atoms with E-state index in [-0.39, 0.29) is 5.82 Å². The zero-order valence-corrected chi connectivity index (χ0v) is 13.3. The first-order chi connectivity index (χ1) is 9.60. The van der Waals surface area contributed by atoms with Gasteiger partial charge in [-0.2, -0.15) is 0 Å². The van der Waals surface area contributed by atoms with Crippen LogP contribution in [0.3, 0.4) is 0 Å². The maximum Gasteiger partial charge on any atom is 0.124 e. The van der Waals surface area contributed by atoms with Gasteiger partial charge in [-0.15, -0.1) is 0 Å². The molecule has 0 heterocycles. The van der Waals surface area contributed by atoms with Crippen LogP contribution in [0.2, 0.25) is 0 Å². The molecule has 0 atom stereocenters. The largest absolute Gasteiger partial charge is 0.307 e. The predicted molar refractivity (Wildman–Crippen MR) is 81.8 cm³/mol. The van der Waals surface area contributed by atoms with Gasteiger partial charge >= 0.3 is 0 Å². The molecule has 0 spiro atoms. The van der Waals surface area contributed by atoms with Crippen molar-refractivity contribution in [2.75, 3.05) is 0 Å². The van der Waals surface area contributed by atoms with Crippen LogP contribution in [0.4, 0.5) is 4.39 Å². The molecule has 4 bridgehead atoms. The molecular weight excluding hydrogens is 317 g/mol. The van der Waals surface area contributed by atoms with Gasteiger partial charge in [-0.25, -0.2) is 4.39 Å². The zero-order valence-electron chi connectivity index (χ0n) is 11.7. The summed E-state index contributed by atoms with van der Waals surface area (Å²) in [4.78, 5) is 0. The molecule has 0 aromatic heterocycles. The second kappa shape index (κ2) is 4.81. The van der Waals surface area contributed by atoms with Gasteiger partial charge in [0, 0.05) is 16.6 Å². The normalized spacial score (nSPS) is 38.4. The number of rotatable bonds is 3. The average molecular weight is 338 g/mol. The smallest absolute Gasteiger partial charge is 0.124 e. The fourth-order valence-electron chi connectivity index (χ4n) is 5.33. The van der Waals surface area contributed by atoms with Gasteiger partial charge in [0.05, 0.1) is 0 Å². The highest BCUT2D eigenvalue weighted by molar-refractivity contribution is 9.10. The van der Waals surface area contributed by atoms with E-state index in [0.717, 1.165) is 34.3 Å². The van der Waals surface area contributed by atoms with Crippen LogP contribution in [0.25, 0.3) is 0 Å². The minimum Gasteiger partial charge on any atom is -0.307 e. The standard InChI is InChI=1S/C17H21BrFN/c18-15-4-14(5-16(19)6-15)10-20-17-7-11-1-12(8-17)3-13(2-11)9-17/h4-6,11-13,20H,1-3,7-10H2. The van der Waals surface area contributed by atoms with Gasteiger partial charge < -0.3 is 5.32 Å². The number of benzene rings is 1. The second-order valence-electron chi connectivity index (χ2n) is 7.33. The molecular formula is C17H21BrFN. The van der Waals surface area contributed by atoms with E-state index in [1.165, 1.54) is 44.6 Å². The Kier molecular flexibility index (Phi) is 3.19. The lowest BCUT2D eigenvalue weighted by Crippen LogP contribution is -2.58. The van der Waals surface area contributed by atoms with Gasteiger partial charge in [0.25, 0.3) is 0 Å². The summed E-state index contributed by atoms with van der Waals surface area (Å²) in [5.74, 6) is 2.70. The van der Waals surface area contributed by atoms with Crippen LogP contribution in [0, 0.1) is 23.6 Å². The van der Waals surface area contributed by atoms with Crippen molar-refractivity contribution in [2.45, 2.75) is 50.6 Å². The molecule has 0 aliphatic heterocycles. The van der Waals surface area contributed by atoms with Gasteiger partial charge in [-0.1, -0.05) is 15.9 Å². The van der Waals surface area contributed by atoms with E-state index in [2.05, 4.69) is 21.2 Å². The molecule has 4 aliphatic carbocycles. The van der Waals surface area contributed by atoms with Gasteiger partial charge in [0.2, 0.25) is 0 Å². The van der Waals surface area contributed by atoms with Gasteiger partial charge in [0.15, 0.2) is 0 Å². The van der Waals surface area contributed by atoms with E-state index < -0.39 is 0 Å². The maximum absolute atomic E-state index is 13.5. The molecule has 1 nitrogen and oxygen atoms in total. The first-order valence-corrected chi connectivity index (χ1v) is 8.60. The summed E-state index contributed by atoms with van der Waals surface area (Å²) < 4.78 is 14.3. The number of halogens is 2. The third-order valence-corrected chi connectivity index (χ3v) is 6.09. The van der Waals surface area contributed by atoms with Gasteiger partial charge in [-0.3, -0.25) is 0 Å². The Morgan fingerprint density at radius 3 is 2.20 bits per heavy atom. The monoisotopic (exact) mass is 337 g/mol. The molecule has 0 amide bonds. The minimum absolute atomic E-state index is 0.151. The summed E-state index contributed by atoms with van der Waals surface area (Å²) in [6, 6.07) is 5.20. The molecule has 5 rings (SSSR count). The molecule has 4 aliphatic rings. The Morgan fingerprint density at radius 1 is 1.05 bits per heavy atom. The van der Waals surface area contributed by atoms with Crippen molar-refractivity contribution in [3.05, 3.63) is 34.1 Å². The molecule has 4 saturated carbocycles. The van der Waals surface area contributed by atoms with Crippen LogP contribution in [0.15, 0.2) is 22.7 Å². The fourth-order valence-corrected chi connectivity index (χ4v) is 5.84. The SMILES string of the molecule is Fc1cc(Br)cc(CNC23CC4CC(CC(C4)C2)C3)c1. The summed E-state index contributed by atoms with van der Waals surface area (Å²) >= 11 is 3.38. The van der Waals surface area contributed by atoms with Crippen LogP contribution >= 0.6 is 15.9 Å². The zero-order chi connectivity index (χ0) is 13.7. The third-order valence-electron chi connectivity index (χ3n) is 5.63. The van der Waals surface area contributed by atoms with Crippen LogP contribution in [0.5, 0.6) is 0 Å². The van der Waals surface area contributed by atoms with E-state index >= 15 is 0 Å². The Balaban J connectivity index is 1.49. The molecule has 0 radical (unpaired) electrons. The highest BCUT2D eigenvalue weighted by atomic mass is 79.9. The molecule has 4 fully saturated rings. The summed E-state index contributed by atoms with van der Waals surface area (Å²) in [6.45, 7) is 0.794. The lowest BCUT2D eigenvalue weighted by Gasteiger charge is -2.57. The quantitative estimate of drug-likeness (QED) is 0.846. The van der Waals surface area contributed by atoms with Crippen LogP contribution in [-0.4, -0.2) is 5.54 Å². The van der Waals surface area contributed by atoms with Crippen molar-refractivity contribution in [2.24, 2.45) is 17.8 Å². The highest BCUT2D eigenvalue weighted by Crippen LogP contribution is 2.55. The van der Waals surface area contributed by atoms with Crippen LogP contribution in [0.1, 0.15) is 44.1 Å². The van der Waals surface area contributed by atoms with Crippen molar-refractivity contribution in [3.63, 3.8) is 0 Å². The molecule has 1 N–H and O–H groups in total. The van der Waals surface area contributed by atoms with E-state index in [0.29, 0.717) is 5.54 Å².